The van der Waals surface area contributed by atoms with Crippen molar-refractivity contribution in [3.05, 3.63) is 102 Å². The lowest BCUT2D eigenvalue weighted by Gasteiger charge is -2.37. The van der Waals surface area contributed by atoms with Crippen LogP contribution >= 0.6 is 0 Å². The van der Waals surface area contributed by atoms with Crippen LogP contribution in [0.5, 0.6) is 5.75 Å². The molecule has 264 valence electrons. The van der Waals surface area contributed by atoms with Gasteiger partial charge in [-0.3, -0.25) is 4.79 Å². The summed E-state index contributed by atoms with van der Waals surface area (Å²) >= 11 is 0. The number of piperazine rings is 1. The van der Waals surface area contributed by atoms with Crippen molar-refractivity contribution in [1.29, 1.82) is 0 Å². The molecule has 0 spiro atoms. The number of benzene rings is 3. The van der Waals surface area contributed by atoms with Crippen LogP contribution in [0.4, 0.5) is 20.2 Å². The number of hydrogen-bond donors (Lipinski definition) is 2. The molecule has 7 rings (SSSR count). The van der Waals surface area contributed by atoms with Gasteiger partial charge >= 0.3 is 0 Å². The zero-order valence-corrected chi connectivity index (χ0v) is 28.3. The number of hydrogen-bond acceptors (Lipinski definition) is 8. The summed E-state index contributed by atoms with van der Waals surface area (Å²) in [5, 5.41) is 17.4. The van der Waals surface area contributed by atoms with E-state index in [0.717, 1.165) is 80.6 Å². The highest BCUT2D eigenvalue weighted by Crippen LogP contribution is 2.42. The Bertz CT molecular complexity index is 1770. The average molecular weight is 687 g/mol. The number of carbonyl (C=O) groups excluding carboxylic acids is 1. The molecule has 12 heteroatoms. The van der Waals surface area contributed by atoms with Crippen LogP contribution in [0.2, 0.25) is 0 Å². The first-order chi connectivity index (χ1) is 24.3. The summed E-state index contributed by atoms with van der Waals surface area (Å²) in [6, 6.07) is 17.4. The second-order valence-corrected chi connectivity index (χ2v) is 13.8. The topological polar surface area (TPSA) is 105 Å². The minimum Gasteiger partial charge on any atom is -0.493 e. The Kier molecular flexibility index (Phi) is 10.0. The van der Waals surface area contributed by atoms with Gasteiger partial charge < -0.3 is 29.7 Å². The van der Waals surface area contributed by atoms with Gasteiger partial charge in [0.2, 0.25) is 0 Å². The number of nitrogens with one attached hydrogen (secondary N) is 1. The minimum atomic E-state index is -1.02. The Morgan fingerprint density at radius 3 is 2.44 bits per heavy atom. The van der Waals surface area contributed by atoms with Crippen LogP contribution < -0.4 is 19.9 Å². The molecule has 0 bridgehead atoms. The summed E-state index contributed by atoms with van der Waals surface area (Å²) in [4.78, 5) is 21.5. The number of ether oxygens (including phenoxy) is 2. The third kappa shape index (κ3) is 7.46. The fourth-order valence-electron chi connectivity index (χ4n) is 7.56. The van der Waals surface area contributed by atoms with Gasteiger partial charge in [0.1, 0.15) is 35.6 Å². The first-order valence-corrected chi connectivity index (χ1v) is 17.5. The van der Waals surface area contributed by atoms with E-state index < -0.39 is 23.3 Å². The van der Waals surface area contributed by atoms with Crippen LogP contribution in [0.25, 0.3) is 0 Å². The summed E-state index contributed by atoms with van der Waals surface area (Å²) in [5.74, 6) is -0.637. The lowest BCUT2D eigenvalue weighted by Crippen LogP contribution is -2.46. The van der Waals surface area contributed by atoms with Crippen LogP contribution in [-0.4, -0.2) is 77.3 Å². The van der Waals surface area contributed by atoms with Crippen molar-refractivity contribution >= 4 is 17.3 Å². The first-order valence-electron chi connectivity index (χ1n) is 17.5. The largest absolute Gasteiger partial charge is 0.493 e. The second kappa shape index (κ2) is 14.7. The number of aryl methyl sites for hydroxylation is 1. The number of anilines is 2. The fourth-order valence-corrected chi connectivity index (χ4v) is 7.56. The zero-order chi connectivity index (χ0) is 34.7. The highest BCUT2D eigenvalue weighted by Gasteiger charge is 2.44. The van der Waals surface area contributed by atoms with Crippen LogP contribution in [-0.2, 0) is 16.9 Å². The number of carbonyl (C=O) groups is 1. The molecule has 1 unspecified atom stereocenters. The lowest BCUT2D eigenvalue weighted by atomic mass is 9.87. The van der Waals surface area contributed by atoms with Crippen LogP contribution in [0.1, 0.15) is 53.6 Å². The molecule has 3 heterocycles. The van der Waals surface area contributed by atoms with E-state index in [4.69, 9.17) is 9.47 Å². The Balaban J connectivity index is 0.920. The van der Waals surface area contributed by atoms with Crippen LogP contribution in [0.3, 0.4) is 0 Å². The van der Waals surface area contributed by atoms with Crippen molar-refractivity contribution < 1.29 is 28.2 Å². The van der Waals surface area contributed by atoms with Gasteiger partial charge in [0.15, 0.2) is 0 Å². The van der Waals surface area contributed by atoms with E-state index in [1.54, 1.807) is 11.0 Å². The second-order valence-electron chi connectivity index (χ2n) is 13.8. The molecule has 1 amide bonds. The van der Waals surface area contributed by atoms with E-state index in [-0.39, 0.29) is 24.4 Å². The molecule has 4 atom stereocenters. The van der Waals surface area contributed by atoms with Crippen molar-refractivity contribution in [3.63, 3.8) is 0 Å². The SMILES string of the molecule is Cc1cc(N2CCN(c3ccc(C(=O)NC4CCCC[C@@H]4O)cc3)CC2)ccc1OC[C@@H]1CO[C@@](Cn2cncn2)(c2ccc(F)cc2F)C1. The van der Waals surface area contributed by atoms with Gasteiger partial charge in [-0.15, -0.1) is 0 Å². The van der Waals surface area contributed by atoms with Crippen molar-refractivity contribution in [3.8, 4) is 5.75 Å². The molecule has 2 N–H and O–H groups in total. The number of aliphatic hydroxyl groups is 1. The molecule has 10 nitrogen and oxygen atoms in total. The molecular formula is C38H44F2N6O4. The molecular weight excluding hydrogens is 642 g/mol. The Labute approximate surface area is 291 Å². The normalized spacial score (nSPS) is 24.0. The summed E-state index contributed by atoms with van der Waals surface area (Å²) < 4.78 is 42.9. The maximum absolute atomic E-state index is 15.0. The highest BCUT2D eigenvalue weighted by atomic mass is 19.1. The number of amides is 1. The van der Waals surface area contributed by atoms with E-state index >= 15 is 4.39 Å². The first kappa shape index (κ1) is 33.9. The molecule has 3 fully saturated rings. The monoisotopic (exact) mass is 686 g/mol. The smallest absolute Gasteiger partial charge is 0.251 e. The predicted molar refractivity (Wildman–Crippen MR) is 185 cm³/mol. The maximum Gasteiger partial charge on any atom is 0.251 e. The van der Waals surface area contributed by atoms with E-state index in [1.165, 1.54) is 18.5 Å². The Morgan fingerprint density at radius 2 is 1.74 bits per heavy atom. The number of aliphatic hydroxyl groups excluding tert-OH is 1. The van der Waals surface area contributed by atoms with Gasteiger partial charge in [0.05, 0.1) is 31.9 Å². The molecule has 4 aromatic rings. The van der Waals surface area contributed by atoms with Crippen molar-refractivity contribution in [2.24, 2.45) is 5.92 Å². The van der Waals surface area contributed by atoms with E-state index in [9.17, 15) is 14.3 Å². The molecule has 3 aromatic carbocycles. The summed E-state index contributed by atoms with van der Waals surface area (Å²) in [6.07, 6.45) is 6.59. The summed E-state index contributed by atoms with van der Waals surface area (Å²) in [5.41, 5.74) is 3.13. The van der Waals surface area contributed by atoms with Gasteiger partial charge in [0.25, 0.3) is 5.91 Å². The van der Waals surface area contributed by atoms with E-state index in [1.807, 2.05) is 37.3 Å². The number of halogens is 2. The quantitative estimate of drug-likeness (QED) is 0.234. The zero-order valence-electron chi connectivity index (χ0n) is 28.3. The third-order valence-corrected chi connectivity index (χ3v) is 10.3. The van der Waals surface area contributed by atoms with Crippen LogP contribution in [0, 0.1) is 24.5 Å². The molecule has 1 saturated carbocycles. The number of aromatic nitrogens is 3. The third-order valence-electron chi connectivity index (χ3n) is 10.3. The highest BCUT2D eigenvalue weighted by molar-refractivity contribution is 5.94. The van der Waals surface area contributed by atoms with E-state index in [2.05, 4.69) is 37.3 Å². The summed E-state index contributed by atoms with van der Waals surface area (Å²) in [6.45, 7) is 6.46. The maximum atomic E-state index is 15.0. The Hall–Kier alpha value is -4.55. The fraction of sp³-hybridized carbons (Fsp3) is 0.447. The minimum absolute atomic E-state index is 0.0108. The molecule has 1 aromatic heterocycles. The van der Waals surface area contributed by atoms with Crippen molar-refractivity contribution in [2.75, 3.05) is 49.2 Å². The molecule has 0 radical (unpaired) electrons. The van der Waals surface area contributed by atoms with Gasteiger partial charge in [-0.2, -0.15) is 5.10 Å². The van der Waals surface area contributed by atoms with E-state index in [0.29, 0.717) is 30.8 Å². The molecule has 2 aliphatic heterocycles. The van der Waals surface area contributed by atoms with Gasteiger partial charge in [-0.1, -0.05) is 18.9 Å². The standard InChI is InChI=1S/C38H44F2N6O4/c1-26-18-31(45-16-14-44(15-17-45)30-9-6-28(7-10-30)37(48)43-34-4-2-3-5-35(34)47)11-13-36(26)49-21-27-20-38(50-22-27,23-46-25-41-24-42-46)32-12-8-29(39)19-33(32)40/h6-13,18-19,24-25,27,34-35,47H,2-5,14-17,20-23H2,1H3,(H,43,48)/t27-,34?,35+,38+/m1/s1. The number of nitrogens with zero attached hydrogens (tertiary/aromatic N) is 5. The molecule has 50 heavy (non-hydrogen) atoms. The lowest BCUT2D eigenvalue weighted by molar-refractivity contribution is -0.0206. The molecule has 1 aliphatic carbocycles. The summed E-state index contributed by atoms with van der Waals surface area (Å²) in [7, 11) is 0. The van der Waals surface area contributed by atoms with Gasteiger partial charge in [-0.25, -0.2) is 18.4 Å². The number of rotatable bonds is 10. The van der Waals surface area contributed by atoms with Gasteiger partial charge in [-0.05, 0) is 80.3 Å². The van der Waals surface area contributed by atoms with Gasteiger partial charge in [0, 0.05) is 60.7 Å². The van der Waals surface area contributed by atoms with Crippen LogP contribution in [0.15, 0.2) is 73.3 Å². The molecule has 2 saturated heterocycles. The predicted octanol–water partition coefficient (Wildman–Crippen LogP) is 5.24. The Morgan fingerprint density at radius 1 is 1.00 bits per heavy atom. The van der Waals surface area contributed by atoms with Crippen molar-refractivity contribution in [1.82, 2.24) is 20.1 Å². The average Bonchev–Trinajstić information content (AvgIpc) is 3.79. The van der Waals surface area contributed by atoms with Crippen molar-refractivity contribution in [2.45, 2.75) is 63.3 Å². The molecule has 3 aliphatic rings.